The monoisotopic (exact) mass is 322 g/mol. The van der Waals surface area contributed by atoms with Gasteiger partial charge in [0.05, 0.1) is 6.61 Å². The van der Waals surface area contributed by atoms with Gasteiger partial charge in [0, 0.05) is 31.0 Å². The van der Waals surface area contributed by atoms with Gasteiger partial charge in [-0.15, -0.1) is 0 Å². The van der Waals surface area contributed by atoms with E-state index in [1.54, 1.807) is 26.2 Å². The van der Waals surface area contributed by atoms with Crippen LogP contribution in [-0.2, 0) is 18.5 Å². The third-order valence-corrected chi connectivity index (χ3v) is 3.83. The van der Waals surface area contributed by atoms with Gasteiger partial charge in [-0.2, -0.15) is 0 Å². The predicted octanol–water partition coefficient (Wildman–Crippen LogP) is 2.35. The van der Waals surface area contributed by atoms with Crippen molar-refractivity contribution in [3.63, 3.8) is 0 Å². The number of hydrogen-bond acceptors (Lipinski definition) is 5. The number of benzene rings is 1. The molecule has 20 heavy (non-hydrogen) atoms. The summed E-state index contributed by atoms with van der Waals surface area (Å²) >= 11 is 0. The summed E-state index contributed by atoms with van der Waals surface area (Å²) in [4.78, 5) is -0.0152. The highest BCUT2D eigenvalue weighted by Gasteiger charge is 2.17. The molecule has 0 fully saturated rings. The zero-order valence-electron chi connectivity index (χ0n) is 11.6. The molecule has 1 aromatic carbocycles. The summed E-state index contributed by atoms with van der Waals surface area (Å²) in [5, 5.41) is 0. The third-order valence-electron chi connectivity index (χ3n) is 2.48. The molecule has 0 heterocycles. The molecule has 0 aliphatic rings. The molecule has 0 aliphatic heterocycles. The molecule has 5 nitrogen and oxygen atoms in total. The molecule has 7 heteroatoms. The molecule has 0 saturated heterocycles. The highest BCUT2D eigenvalue weighted by molar-refractivity contribution is 8.13. The Kier molecular flexibility index (Phi) is 7.29. The van der Waals surface area contributed by atoms with Crippen LogP contribution in [0.2, 0.25) is 0 Å². The van der Waals surface area contributed by atoms with E-state index in [0.717, 1.165) is 12.0 Å². The van der Waals surface area contributed by atoms with E-state index in [9.17, 15) is 8.42 Å². The summed E-state index contributed by atoms with van der Waals surface area (Å²) in [6.45, 7) is 3.64. The van der Waals surface area contributed by atoms with Gasteiger partial charge in [-0.1, -0.05) is 6.07 Å². The van der Waals surface area contributed by atoms with Crippen molar-refractivity contribution in [1.82, 2.24) is 0 Å². The molecule has 1 rings (SSSR count). The number of ether oxygens (including phenoxy) is 3. The van der Waals surface area contributed by atoms with E-state index in [4.69, 9.17) is 24.9 Å². The van der Waals surface area contributed by atoms with Crippen molar-refractivity contribution in [2.45, 2.75) is 18.2 Å². The summed E-state index contributed by atoms with van der Waals surface area (Å²) in [6.07, 6.45) is 0.808. The van der Waals surface area contributed by atoms with E-state index >= 15 is 0 Å². The zero-order valence-corrected chi connectivity index (χ0v) is 13.2. The fraction of sp³-hybridized carbons (Fsp3) is 0.538. The first-order valence-electron chi connectivity index (χ1n) is 6.20. The molecule has 0 bridgehead atoms. The van der Waals surface area contributed by atoms with E-state index in [0.29, 0.717) is 19.8 Å². The summed E-state index contributed by atoms with van der Waals surface area (Å²) < 4.78 is 38.5. The van der Waals surface area contributed by atoms with Crippen molar-refractivity contribution >= 4 is 19.7 Å². The largest absolute Gasteiger partial charge is 0.490 e. The second-order valence-electron chi connectivity index (χ2n) is 4.20. The topological polar surface area (TPSA) is 61.8 Å². The van der Waals surface area contributed by atoms with E-state index in [2.05, 4.69) is 0 Å². The van der Waals surface area contributed by atoms with Gasteiger partial charge in [-0.05, 0) is 31.0 Å². The van der Waals surface area contributed by atoms with Crippen LogP contribution in [0.4, 0.5) is 0 Å². The molecule has 0 unspecified atom stereocenters. The lowest BCUT2D eigenvalue weighted by Gasteiger charge is -2.10. The summed E-state index contributed by atoms with van der Waals surface area (Å²) in [7, 11) is 3.19. The Bertz CT molecular complexity index is 515. The maximum absolute atomic E-state index is 11.5. The van der Waals surface area contributed by atoms with Crippen LogP contribution in [0.25, 0.3) is 0 Å². The maximum atomic E-state index is 11.5. The number of aryl methyl sites for hydroxylation is 1. The quantitative estimate of drug-likeness (QED) is 0.516. The second kappa shape index (κ2) is 8.46. The predicted molar refractivity (Wildman–Crippen MR) is 77.0 cm³/mol. The van der Waals surface area contributed by atoms with Crippen LogP contribution >= 0.6 is 10.7 Å². The standard InChI is InChI=1S/C13H19ClO5S/c1-11-4-5-12(13(10-11)20(14,15)16)19-9-8-18-7-3-6-17-2/h4-5,10H,3,6-9H2,1-2H3. The minimum Gasteiger partial charge on any atom is -0.490 e. The van der Waals surface area contributed by atoms with Gasteiger partial charge in [-0.25, -0.2) is 8.42 Å². The maximum Gasteiger partial charge on any atom is 0.264 e. The average Bonchev–Trinajstić information content (AvgIpc) is 2.38. The van der Waals surface area contributed by atoms with Crippen molar-refractivity contribution in [1.29, 1.82) is 0 Å². The molecular formula is C13H19ClO5S. The molecule has 0 aromatic heterocycles. The van der Waals surface area contributed by atoms with Crippen LogP contribution in [0.5, 0.6) is 5.75 Å². The van der Waals surface area contributed by atoms with Gasteiger partial charge in [0.25, 0.3) is 9.05 Å². The van der Waals surface area contributed by atoms with Gasteiger partial charge in [0.15, 0.2) is 0 Å². The van der Waals surface area contributed by atoms with Crippen LogP contribution in [-0.4, -0.2) is 42.0 Å². The Morgan fingerprint density at radius 3 is 2.55 bits per heavy atom. The lowest BCUT2D eigenvalue weighted by molar-refractivity contribution is 0.0799. The molecule has 0 spiro atoms. The van der Waals surface area contributed by atoms with E-state index in [1.807, 2.05) is 0 Å². The Morgan fingerprint density at radius 1 is 1.15 bits per heavy atom. The van der Waals surface area contributed by atoms with Crippen LogP contribution in [0.3, 0.4) is 0 Å². The molecule has 1 aromatic rings. The average molecular weight is 323 g/mol. The SMILES string of the molecule is COCCCOCCOc1ccc(C)cc1S(=O)(=O)Cl. The molecule has 0 radical (unpaired) electrons. The Hall–Kier alpha value is -0.820. The molecule has 114 valence electrons. The van der Waals surface area contributed by atoms with Crippen molar-refractivity contribution < 1.29 is 22.6 Å². The number of hydrogen-bond donors (Lipinski definition) is 0. The Labute approximate surface area is 124 Å². The molecule has 0 amide bonds. The zero-order chi connectivity index (χ0) is 15.0. The first-order chi connectivity index (χ1) is 9.45. The number of rotatable bonds is 9. The van der Waals surface area contributed by atoms with Gasteiger partial charge < -0.3 is 14.2 Å². The first kappa shape index (κ1) is 17.2. The fourth-order valence-corrected chi connectivity index (χ4v) is 2.60. The van der Waals surface area contributed by atoms with E-state index in [1.165, 1.54) is 6.07 Å². The Balaban J connectivity index is 2.48. The lowest BCUT2D eigenvalue weighted by atomic mass is 10.2. The summed E-state index contributed by atoms with van der Waals surface area (Å²) in [5.41, 5.74) is 0.799. The van der Waals surface area contributed by atoms with E-state index in [-0.39, 0.29) is 17.3 Å². The highest BCUT2D eigenvalue weighted by atomic mass is 35.7. The van der Waals surface area contributed by atoms with Crippen LogP contribution in [0.15, 0.2) is 23.1 Å². The number of halogens is 1. The van der Waals surface area contributed by atoms with Crippen molar-refractivity contribution in [3.8, 4) is 5.75 Å². The van der Waals surface area contributed by atoms with Gasteiger partial charge in [0.2, 0.25) is 0 Å². The smallest absolute Gasteiger partial charge is 0.264 e. The van der Waals surface area contributed by atoms with Gasteiger partial charge >= 0.3 is 0 Å². The highest BCUT2D eigenvalue weighted by Crippen LogP contribution is 2.27. The molecule has 0 atom stereocenters. The third kappa shape index (κ3) is 6.09. The molecule has 0 N–H and O–H groups in total. The number of methoxy groups -OCH3 is 1. The minimum atomic E-state index is -3.82. The molecule has 0 saturated carbocycles. The normalized spacial score (nSPS) is 11.6. The van der Waals surface area contributed by atoms with Crippen molar-refractivity contribution in [2.24, 2.45) is 0 Å². The Morgan fingerprint density at radius 2 is 1.90 bits per heavy atom. The second-order valence-corrected chi connectivity index (χ2v) is 6.73. The van der Waals surface area contributed by atoms with Crippen molar-refractivity contribution in [3.05, 3.63) is 23.8 Å². The molecular weight excluding hydrogens is 304 g/mol. The fourth-order valence-electron chi connectivity index (χ4n) is 1.54. The summed E-state index contributed by atoms with van der Waals surface area (Å²) in [6, 6.07) is 4.84. The van der Waals surface area contributed by atoms with Crippen LogP contribution in [0, 0.1) is 6.92 Å². The molecule has 0 aliphatic carbocycles. The van der Waals surface area contributed by atoms with Crippen molar-refractivity contribution in [2.75, 3.05) is 33.5 Å². The first-order valence-corrected chi connectivity index (χ1v) is 8.51. The van der Waals surface area contributed by atoms with Crippen LogP contribution in [0.1, 0.15) is 12.0 Å². The van der Waals surface area contributed by atoms with Gasteiger partial charge in [-0.3, -0.25) is 0 Å². The minimum absolute atomic E-state index is 0.0152. The van der Waals surface area contributed by atoms with Crippen LogP contribution < -0.4 is 4.74 Å². The van der Waals surface area contributed by atoms with E-state index < -0.39 is 9.05 Å². The summed E-state index contributed by atoms with van der Waals surface area (Å²) in [5.74, 6) is 0.242. The van der Waals surface area contributed by atoms with Gasteiger partial charge in [0.1, 0.15) is 17.3 Å². The lowest BCUT2D eigenvalue weighted by Crippen LogP contribution is -2.10.